The number of carboxylic acids is 1. The van der Waals surface area contributed by atoms with Crippen molar-refractivity contribution in [3.63, 3.8) is 0 Å². The summed E-state index contributed by atoms with van der Waals surface area (Å²) in [6.45, 7) is 3.43. The predicted octanol–water partition coefficient (Wildman–Crippen LogP) is 1.54. The molecule has 0 aliphatic heterocycles. The smallest absolute Gasteiger partial charge is 0.321 e. The Bertz CT molecular complexity index is 582. The van der Waals surface area contributed by atoms with E-state index in [2.05, 4.69) is 4.72 Å². The van der Waals surface area contributed by atoms with Gasteiger partial charge in [-0.2, -0.15) is 4.72 Å². The van der Waals surface area contributed by atoms with Gasteiger partial charge in [-0.05, 0) is 37.1 Å². The summed E-state index contributed by atoms with van der Waals surface area (Å²) in [5.74, 6) is -0.633. The lowest BCUT2D eigenvalue weighted by Gasteiger charge is -2.15. The molecule has 0 heterocycles. The van der Waals surface area contributed by atoms with Crippen molar-refractivity contribution in [3.05, 3.63) is 23.8 Å². The number of methoxy groups -OCH3 is 1. The Hall–Kier alpha value is -1.60. The topological polar surface area (TPSA) is 92.7 Å². The molecule has 0 aromatic heterocycles. The Labute approximate surface area is 118 Å². The molecule has 2 N–H and O–H groups in total. The van der Waals surface area contributed by atoms with E-state index in [4.69, 9.17) is 9.84 Å². The normalized spacial score (nSPS) is 12.9. The van der Waals surface area contributed by atoms with Crippen LogP contribution >= 0.6 is 0 Å². The maximum atomic E-state index is 12.2. The second-order valence-corrected chi connectivity index (χ2v) is 6.11. The second kappa shape index (κ2) is 6.71. The molecule has 0 aliphatic rings. The minimum atomic E-state index is -3.87. The molecule has 0 amide bonds. The summed E-state index contributed by atoms with van der Waals surface area (Å²) < 4.78 is 31.7. The first-order valence-corrected chi connectivity index (χ1v) is 7.70. The van der Waals surface area contributed by atoms with Crippen molar-refractivity contribution in [2.24, 2.45) is 0 Å². The van der Waals surface area contributed by atoms with Crippen LogP contribution in [-0.4, -0.2) is 32.6 Å². The molecule has 7 heteroatoms. The summed E-state index contributed by atoms with van der Waals surface area (Å²) in [5.41, 5.74) is 0.498. The van der Waals surface area contributed by atoms with Gasteiger partial charge in [0.25, 0.3) is 0 Å². The van der Waals surface area contributed by atoms with Gasteiger partial charge in [-0.25, -0.2) is 8.42 Å². The van der Waals surface area contributed by atoms with E-state index in [0.29, 0.717) is 17.7 Å². The highest BCUT2D eigenvalue weighted by Crippen LogP contribution is 2.21. The Morgan fingerprint density at radius 2 is 2.10 bits per heavy atom. The number of ether oxygens (including phenoxy) is 1. The highest BCUT2D eigenvalue weighted by molar-refractivity contribution is 7.89. The molecular weight excluding hydrogens is 282 g/mol. The largest absolute Gasteiger partial charge is 0.497 e. The van der Waals surface area contributed by atoms with Crippen LogP contribution in [0.15, 0.2) is 23.1 Å². The highest BCUT2D eigenvalue weighted by Gasteiger charge is 2.25. The lowest BCUT2D eigenvalue weighted by molar-refractivity contribution is -0.139. The van der Waals surface area contributed by atoms with E-state index in [9.17, 15) is 13.2 Å². The molecule has 1 rings (SSSR count). The highest BCUT2D eigenvalue weighted by atomic mass is 32.2. The molecular formula is C13H19NO5S. The molecule has 0 radical (unpaired) electrons. The van der Waals surface area contributed by atoms with Gasteiger partial charge in [0.05, 0.1) is 12.0 Å². The number of aryl methyl sites for hydroxylation is 1. The maximum Gasteiger partial charge on any atom is 0.321 e. The quantitative estimate of drug-likeness (QED) is 0.797. The minimum Gasteiger partial charge on any atom is -0.497 e. The van der Waals surface area contributed by atoms with Crippen LogP contribution in [0.5, 0.6) is 5.75 Å². The molecule has 1 atom stereocenters. The fourth-order valence-electron chi connectivity index (χ4n) is 1.82. The molecule has 1 unspecified atom stereocenters. The van der Waals surface area contributed by atoms with E-state index in [0.717, 1.165) is 0 Å². The SMILES string of the molecule is CCCC(NS(=O)(=O)c1ccc(OC)cc1C)C(=O)O. The first kappa shape index (κ1) is 16.5. The number of benzene rings is 1. The maximum absolute atomic E-state index is 12.2. The van der Waals surface area contributed by atoms with Crippen LogP contribution in [0.25, 0.3) is 0 Å². The number of carbonyl (C=O) groups is 1. The number of hydrogen-bond donors (Lipinski definition) is 2. The summed E-state index contributed by atoms with van der Waals surface area (Å²) in [4.78, 5) is 11.1. The summed E-state index contributed by atoms with van der Waals surface area (Å²) in [7, 11) is -2.38. The number of hydrogen-bond acceptors (Lipinski definition) is 4. The predicted molar refractivity (Wildman–Crippen MR) is 74.4 cm³/mol. The van der Waals surface area contributed by atoms with Crippen molar-refractivity contribution < 1.29 is 23.1 Å². The van der Waals surface area contributed by atoms with Crippen molar-refractivity contribution in [3.8, 4) is 5.75 Å². The Morgan fingerprint density at radius 1 is 1.45 bits per heavy atom. The van der Waals surface area contributed by atoms with Crippen molar-refractivity contribution in [2.45, 2.75) is 37.6 Å². The molecule has 20 heavy (non-hydrogen) atoms. The Kier molecular flexibility index (Phi) is 5.52. The summed E-state index contributed by atoms with van der Waals surface area (Å²) in [5, 5.41) is 9.02. The monoisotopic (exact) mass is 301 g/mol. The van der Waals surface area contributed by atoms with Gasteiger partial charge in [0.15, 0.2) is 0 Å². The van der Waals surface area contributed by atoms with Gasteiger partial charge in [-0.1, -0.05) is 13.3 Å². The van der Waals surface area contributed by atoms with Gasteiger partial charge in [-0.15, -0.1) is 0 Å². The summed E-state index contributed by atoms with van der Waals surface area (Å²) in [6.07, 6.45) is 0.810. The molecule has 0 spiro atoms. The zero-order valence-electron chi connectivity index (χ0n) is 11.7. The average Bonchev–Trinajstić information content (AvgIpc) is 2.37. The average molecular weight is 301 g/mol. The van der Waals surface area contributed by atoms with Crippen LogP contribution in [-0.2, 0) is 14.8 Å². The van der Waals surface area contributed by atoms with Gasteiger partial charge in [0.1, 0.15) is 11.8 Å². The standard InChI is InChI=1S/C13H19NO5S/c1-4-5-11(13(15)16)14-20(17,18)12-7-6-10(19-3)8-9(12)2/h6-8,11,14H,4-5H2,1-3H3,(H,15,16). The molecule has 0 aliphatic carbocycles. The van der Waals surface area contributed by atoms with Gasteiger partial charge >= 0.3 is 5.97 Å². The van der Waals surface area contributed by atoms with E-state index in [-0.39, 0.29) is 11.3 Å². The number of carboxylic acid groups (broad SMARTS) is 1. The lowest BCUT2D eigenvalue weighted by Crippen LogP contribution is -2.40. The van der Waals surface area contributed by atoms with Crippen molar-refractivity contribution in [1.29, 1.82) is 0 Å². The zero-order valence-corrected chi connectivity index (χ0v) is 12.5. The number of aliphatic carboxylic acids is 1. The van der Waals surface area contributed by atoms with Crippen LogP contribution < -0.4 is 9.46 Å². The third-order valence-electron chi connectivity index (χ3n) is 2.84. The molecule has 1 aromatic rings. The van der Waals surface area contributed by atoms with Gasteiger partial charge < -0.3 is 9.84 Å². The fraction of sp³-hybridized carbons (Fsp3) is 0.462. The van der Waals surface area contributed by atoms with E-state index >= 15 is 0 Å². The lowest BCUT2D eigenvalue weighted by atomic mass is 10.2. The zero-order chi connectivity index (χ0) is 15.3. The van der Waals surface area contributed by atoms with E-state index < -0.39 is 22.0 Å². The van der Waals surface area contributed by atoms with Crippen molar-refractivity contribution in [1.82, 2.24) is 4.72 Å². The summed E-state index contributed by atoms with van der Waals surface area (Å²) >= 11 is 0. The molecule has 0 bridgehead atoms. The fourth-order valence-corrected chi connectivity index (χ4v) is 3.27. The van der Waals surface area contributed by atoms with E-state index in [1.807, 2.05) is 0 Å². The first-order valence-electron chi connectivity index (χ1n) is 6.21. The molecule has 0 saturated heterocycles. The van der Waals surface area contributed by atoms with Crippen molar-refractivity contribution >= 4 is 16.0 Å². The first-order chi connectivity index (χ1) is 9.31. The number of sulfonamides is 1. The van der Waals surface area contributed by atoms with Crippen LogP contribution in [0.4, 0.5) is 0 Å². The molecule has 6 nitrogen and oxygen atoms in total. The van der Waals surface area contributed by atoms with Crippen molar-refractivity contribution in [2.75, 3.05) is 7.11 Å². The Balaban J connectivity index is 3.07. The van der Waals surface area contributed by atoms with Crippen LogP contribution in [0, 0.1) is 6.92 Å². The minimum absolute atomic E-state index is 0.0562. The molecule has 1 aromatic carbocycles. The molecule has 0 fully saturated rings. The molecule has 0 saturated carbocycles. The van der Waals surface area contributed by atoms with Crippen LogP contribution in [0.2, 0.25) is 0 Å². The van der Waals surface area contributed by atoms with Crippen LogP contribution in [0.3, 0.4) is 0 Å². The Morgan fingerprint density at radius 3 is 2.55 bits per heavy atom. The molecule has 112 valence electrons. The van der Waals surface area contributed by atoms with Gasteiger partial charge in [0.2, 0.25) is 10.0 Å². The van der Waals surface area contributed by atoms with Crippen LogP contribution in [0.1, 0.15) is 25.3 Å². The number of rotatable bonds is 7. The van der Waals surface area contributed by atoms with E-state index in [1.54, 1.807) is 19.9 Å². The second-order valence-electron chi connectivity index (χ2n) is 4.43. The third-order valence-corrected chi connectivity index (χ3v) is 4.48. The van der Waals surface area contributed by atoms with Gasteiger partial charge in [0, 0.05) is 0 Å². The third kappa shape index (κ3) is 3.94. The van der Waals surface area contributed by atoms with E-state index in [1.165, 1.54) is 19.2 Å². The van der Waals surface area contributed by atoms with Gasteiger partial charge in [-0.3, -0.25) is 4.79 Å². The number of nitrogens with one attached hydrogen (secondary N) is 1. The summed E-state index contributed by atoms with van der Waals surface area (Å²) in [6, 6.07) is 3.40.